The molecule has 0 saturated carbocycles. The number of amides is 2. The van der Waals surface area contributed by atoms with E-state index >= 15 is 0 Å². The van der Waals surface area contributed by atoms with Gasteiger partial charge in [-0.3, -0.25) is 14.6 Å². The molecule has 0 atom stereocenters. The molecule has 0 spiro atoms. The monoisotopic (exact) mass is 342 g/mol. The lowest BCUT2D eigenvalue weighted by Gasteiger charge is -2.32. The van der Waals surface area contributed by atoms with Gasteiger partial charge in [-0.25, -0.2) is 4.39 Å². The maximum atomic E-state index is 12.9. The second-order valence-corrected chi connectivity index (χ2v) is 5.88. The molecule has 2 aromatic rings. The summed E-state index contributed by atoms with van der Waals surface area (Å²) in [7, 11) is 0. The third kappa shape index (κ3) is 4.32. The Morgan fingerprint density at radius 1 is 1.16 bits per heavy atom. The molecule has 1 fully saturated rings. The maximum Gasteiger partial charge on any atom is 0.255 e. The zero-order valence-electron chi connectivity index (χ0n) is 13.7. The van der Waals surface area contributed by atoms with Gasteiger partial charge in [0.15, 0.2) is 0 Å². The first-order valence-electron chi connectivity index (χ1n) is 8.08. The summed E-state index contributed by atoms with van der Waals surface area (Å²) in [5.41, 5.74) is 2.16. The molecule has 25 heavy (non-hydrogen) atoms. The van der Waals surface area contributed by atoms with Crippen molar-refractivity contribution in [3.8, 4) is 0 Å². The number of nitrogens with zero attached hydrogens (tertiary/aromatic N) is 3. The molecule has 0 aliphatic carbocycles. The first-order chi connectivity index (χ1) is 12.2. The van der Waals surface area contributed by atoms with Crippen LogP contribution in [0.5, 0.6) is 0 Å². The SMILES string of the molecule is O=CN1CCN(C(=O)c2cncc(NCc3ccc(F)cc3)c2)CC1. The highest BCUT2D eigenvalue weighted by molar-refractivity contribution is 5.94. The Kier molecular flexibility index (Phi) is 5.23. The van der Waals surface area contributed by atoms with Crippen LogP contribution in [-0.2, 0) is 11.3 Å². The fraction of sp³-hybridized carbons (Fsp3) is 0.278. The van der Waals surface area contributed by atoms with Gasteiger partial charge in [-0.15, -0.1) is 0 Å². The van der Waals surface area contributed by atoms with E-state index in [1.54, 1.807) is 34.2 Å². The molecule has 1 aliphatic rings. The van der Waals surface area contributed by atoms with E-state index in [0.29, 0.717) is 38.3 Å². The van der Waals surface area contributed by atoms with E-state index in [1.165, 1.54) is 18.3 Å². The van der Waals surface area contributed by atoms with Crippen molar-refractivity contribution < 1.29 is 14.0 Å². The first kappa shape index (κ1) is 16.9. The Bertz CT molecular complexity index is 743. The van der Waals surface area contributed by atoms with E-state index in [-0.39, 0.29) is 11.7 Å². The number of aromatic nitrogens is 1. The van der Waals surface area contributed by atoms with E-state index in [9.17, 15) is 14.0 Å². The number of carbonyl (C=O) groups excluding carboxylic acids is 2. The van der Waals surface area contributed by atoms with Crippen LogP contribution in [0.25, 0.3) is 0 Å². The number of rotatable bonds is 5. The minimum atomic E-state index is -0.271. The number of anilines is 1. The summed E-state index contributed by atoms with van der Waals surface area (Å²) >= 11 is 0. The molecular formula is C18H19FN4O2. The molecule has 0 radical (unpaired) electrons. The van der Waals surface area contributed by atoms with E-state index < -0.39 is 0 Å². The summed E-state index contributed by atoms with van der Waals surface area (Å²) in [6.07, 6.45) is 3.99. The van der Waals surface area contributed by atoms with Crippen LogP contribution in [0.4, 0.5) is 10.1 Å². The van der Waals surface area contributed by atoms with Gasteiger partial charge >= 0.3 is 0 Å². The summed E-state index contributed by atoms with van der Waals surface area (Å²) in [5.74, 6) is -0.365. The number of benzene rings is 1. The van der Waals surface area contributed by atoms with Crippen molar-refractivity contribution >= 4 is 18.0 Å². The second-order valence-electron chi connectivity index (χ2n) is 5.88. The van der Waals surface area contributed by atoms with Crippen molar-refractivity contribution in [3.63, 3.8) is 0 Å². The molecule has 130 valence electrons. The lowest BCUT2D eigenvalue weighted by molar-refractivity contribution is -0.119. The lowest BCUT2D eigenvalue weighted by Crippen LogP contribution is -2.48. The largest absolute Gasteiger partial charge is 0.380 e. The fourth-order valence-corrected chi connectivity index (χ4v) is 2.67. The van der Waals surface area contributed by atoms with Gasteiger partial charge < -0.3 is 15.1 Å². The number of hydrogen-bond donors (Lipinski definition) is 1. The molecule has 1 N–H and O–H groups in total. The number of pyridine rings is 1. The van der Waals surface area contributed by atoms with Gasteiger partial charge in [0.2, 0.25) is 6.41 Å². The molecule has 7 heteroatoms. The predicted octanol–water partition coefficient (Wildman–Crippen LogP) is 1.75. The summed E-state index contributed by atoms with van der Waals surface area (Å²) in [4.78, 5) is 30.8. The highest BCUT2D eigenvalue weighted by Gasteiger charge is 2.21. The topological polar surface area (TPSA) is 65.5 Å². The van der Waals surface area contributed by atoms with Gasteiger partial charge in [0.1, 0.15) is 5.82 Å². The average molecular weight is 342 g/mol. The van der Waals surface area contributed by atoms with Gasteiger partial charge in [-0.05, 0) is 23.8 Å². The van der Waals surface area contributed by atoms with Crippen LogP contribution in [0.3, 0.4) is 0 Å². The molecule has 1 aromatic carbocycles. The molecule has 2 heterocycles. The molecule has 1 saturated heterocycles. The molecule has 0 unspecified atom stereocenters. The third-order valence-corrected chi connectivity index (χ3v) is 4.15. The highest BCUT2D eigenvalue weighted by atomic mass is 19.1. The zero-order valence-corrected chi connectivity index (χ0v) is 13.7. The summed E-state index contributed by atoms with van der Waals surface area (Å²) in [6.45, 7) is 2.64. The van der Waals surface area contributed by atoms with Crippen molar-refractivity contribution in [3.05, 3.63) is 59.7 Å². The van der Waals surface area contributed by atoms with Crippen molar-refractivity contribution in [1.82, 2.24) is 14.8 Å². The van der Waals surface area contributed by atoms with Gasteiger partial charge in [-0.2, -0.15) is 0 Å². The molecule has 6 nitrogen and oxygen atoms in total. The normalized spacial score (nSPS) is 14.3. The van der Waals surface area contributed by atoms with Crippen LogP contribution >= 0.6 is 0 Å². The van der Waals surface area contributed by atoms with Gasteiger partial charge in [0.05, 0.1) is 11.3 Å². The second kappa shape index (κ2) is 7.74. The molecule has 3 rings (SSSR count). The zero-order chi connectivity index (χ0) is 17.6. The number of piperazine rings is 1. The number of nitrogens with one attached hydrogen (secondary N) is 1. The number of halogens is 1. The van der Waals surface area contributed by atoms with Crippen molar-refractivity contribution in [1.29, 1.82) is 0 Å². The van der Waals surface area contributed by atoms with Crippen LogP contribution in [0, 0.1) is 5.82 Å². The van der Waals surface area contributed by atoms with E-state index in [4.69, 9.17) is 0 Å². The fourth-order valence-electron chi connectivity index (χ4n) is 2.67. The first-order valence-corrected chi connectivity index (χ1v) is 8.08. The minimum Gasteiger partial charge on any atom is -0.380 e. The molecular weight excluding hydrogens is 323 g/mol. The van der Waals surface area contributed by atoms with Gasteiger partial charge in [0, 0.05) is 45.1 Å². The number of carbonyl (C=O) groups is 2. The highest BCUT2D eigenvalue weighted by Crippen LogP contribution is 2.14. The van der Waals surface area contributed by atoms with Crippen LogP contribution < -0.4 is 5.32 Å². The Hall–Kier alpha value is -2.96. The Labute approximate surface area is 145 Å². The summed E-state index contributed by atoms with van der Waals surface area (Å²) in [5, 5.41) is 3.18. The third-order valence-electron chi connectivity index (χ3n) is 4.15. The maximum absolute atomic E-state index is 12.9. The van der Waals surface area contributed by atoms with Gasteiger partial charge in [0.25, 0.3) is 5.91 Å². The average Bonchev–Trinajstić information content (AvgIpc) is 2.67. The Morgan fingerprint density at radius 3 is 2.56 bits per heavy atom. The summed E-state index contributed by atoms with van der Waals surface area (Å²) in [6, 6.07) is 7.99. The summed E-state index contributed by atoms with van der Waals surface area (Å²) < 4.78 is 12.9. The quantitative estimate of drug-likeness (QED) is 0.841. The smallest absolute Gasteiger partial charge is 0.255 e. The molecule has 2 amide bonds. The van der Waals surface area contributed by atoms with Crippen LogP contribution in [0.2, 0.25) is 0 Å². The van der Waals surface area contributed by atoms with E-state index in [0.717, 1.165) is 17.7 Å². The van der Waals surface area contributed by atoms with E-state index in [1.807, 2.05) is 0 Å². The lowest BCUT2D eigenvalue weighted by atomic mass is 10.2. The Balaban J connectivity index is 1.61. The molecule has 1 aromatic heterocycles. The van der Waals surface area contributed by atoms with Crippen LogP contribution in [0.15, 0.2) is 42.7 Å². The van der Waals surface area contributed by atoms with Gasteiger partial charge in [-0.1, -0.05) is 12.1 Å². The van der Waals surface area contributed by atoms with Crippen molar-refractivity contribution in [2.75, 3.05) is 31.5 Å². The minimum absolute atomic E-state index is 0.0940. The van der Waals surface area contributed by atoms with E-state index in [2.05, 4.69) is 10.3 Å². The molecule has 1 aliphatic heterocycles. The molecule has 0 bridgehead atoms. The number of hydrogen-bond acceptors (Lipinski definition) is 4. The van der Waals surface area contributed by atoms with Crippen molar-refractivity contribution in [2.24, 2.45) is 0 Å². The Morgan fingerprint density at radius 2 is 1.88 bits per heavy atom. The van der Waals surface area contributed by atoms with Crippen LogP contribution in [0.1, 0.15) is 15.9 Å². The van der Waals surface area contributed by atoms with Crippen LogP contribution in [-0.4, -0.2) is 53.3 Å². The predicted molar refractivity (Wildman–Crippen MR) is 91.5 cm³/mol. The van der Waals surface area contributed by atoms with Crippen molar-refractivity contribution in [2.45, 2.75) is 6.54 Å². The standard InChI is InChI=1S/C18H19FN4O2/c19-16-3-1-14(2-4-16)10-21-17-9-15(11-20-12-17)18(25)23-7-5-22(13-24)6-8-23/h1-4,9,11-13,21H,5-8,10H2.